The Hall–Kier alpha value is -1.40. The predicted octanol–water partition coefficient (Wildman–Crippen LogP) is 1.34. The summed E-state index contributed by atoms with van der Waals surface area (Å²) in [6.45, 7) is 3.45. The maximum Gasteiger partial charge on any atom is 0.189 e. The number of benzene rings is 1. The van der Waals surface area contributed by atoms with Crippen LogP contribution in [0.2, 0.25) is 5.02 Å². The summed E-state index contributed by atoms with van der Waals surface area (Å²) in [7, 11) is 0. The number of fused-ring (bicyclic) bond motifs is 1. The van der Waals surface area contributed by atoms with E-state index < -0.39 is 0 Å². The maximum absolute atomic E-state index is 12.2. The number of para-hydroxylation sites is 1. The van der Waals surface area contributed by atoms with Crippen LogP contribution in [-0.2, 0) is 11.3 Å². The molecule has 1 aromatic heterocycles. The fourth-order valence-corrected chi connectivity index (χ4v) is 2.90. The van der Waals surface area contributed by atoms with Crippen molar-refractivity contribution in [3.8, 4) is 0 Å². The first-order valence-electron chi connectivity index (χ1n) is 7.02. The van der Waals surface area contributed by atoms with Gasteiger partial charge in [0.1, 0.15) is 0 Å². The molecule has 6 heteroatoms. The van der Waals surface area contributed by atoms with Crippen molar-refractivity contribution in [2.24, 2.45) is 5.73 Å². The fourth-order valence-electron chi connectivity index (χ4n) is 2.68. The van der Waals surface area contributed by atoms with Crippen molar-refractivity contribution < 1.29 is 4.74 Å². The van der Waals surface area contributed by atoms with Gasteiger partial charge in [-0.25, -0.2) is 0 Å². The smallest absolute Gasteiger partial charge is 0.189 e. The Morgan fingerprint density at radius 3 is 3.14 bits per heavy atom. The number of H-pyrrole nitrogens is 1. The first kappa shape index (κ1) is 14.5. The van der Waals surface area contributed by atoms with Crippen LogP contribution in [0.1, 0.15) is 5.69 Å². The lowest BCUT2D eigenvalue weighted by molar-refractivity contribution is -0.0263. The zero-order valence-electron chi connectivity index (χ0n) is 11.6. The highest BCUT2D eigenvalue weighted by Crippen LogP contribution is 2.19. The maximum atomic E-state index is 12.2. The van der Waals surface area contributed by atoms with Crippen molar-refractivity contribution in [1.82, 2.24) is 9.88 Å². The molecule has 0 bridgehead atoms. The summed E-state index contributed by atoms with van der Waals surface area (Å²) in [6, 6.07) is 6.99. The molecule has 1 saturated heterocycles. The van der Waals surface area contributed by atoms with Crippen molar-refractivity contribution in [2.45, 2.75) is 12.6 Å². The molecule has 0 amide bonds. The summed E-state index contributed by atoms with van der Waals surface area (Å²) in [5.74, 6) is 0. The molecule has 0 saturated carbocycles. The van der Waals surface area contributed by atoms with Gasteiger partial charge in [0.2, 0.25) is 0 Å². The monoisotopic (exact) mass is 307 g/mol. The minimum absolute atomic E-state index is 0.00937. The van der Waals surface area contributed by atoms with Crippen molar-refractivity contribution in [3.63, 3.8) is 0 Å². The van der Waals surface area contributed by atoms with Gasteiger partial charge in [-0.2, -0.15) is 0 Å². The molecular weight excluding hydrogens is 290 g/mol. The van der Waals surface area contributed by atoms with Crippen LogP contribution >= 0.6 is 11.6 Å². The highest BCUT2D eigenvalue weighted by atomic mass is 35.5. The number of hydrogen-bond donors (Lipinski definition) is 2. The van der Waals surface area contributed by atoms with Gasteiger partial charge in [-0.3, -0.25) is 9.69 Å². The second-order valence-corrected chi connectivity index (χ2v) is 5.69. The normalized spacial score (nSPS) is 20.0. The molecule has 1 aliphatic rings. The zero-order chi connectivity index (χ0) is 14.8. The minimum Gasteiger partial charge on any atom is -0.374 e. The van der Waals surface area contributed by atoms with Gasteiger partial charge in [0.25, 0.3) is 0 Å². The highest BCUT2D eigenvalue weighted by Gasteiger charge is 2.19. The molecule has 0 unspecified atom stereocenters. The van der Waals surface area contributed by atoms with Crippen molar-refractivity contribution >= 4 is 22.5 Å². The number of hydrogen-bond acceptors (Lipinski definition) is 4. The molecule has 0 aliphatic carbocycles. The Bertz CT molecular complexity index is 701. The standard InChI is InChI=1S/C15H18ClN3O2/c16-13-3-1-2-12-14(20)6-10(18-15(12)13)8-19-4-5-21-11(7-17)9-19/h1-3,6,11H,4-5,7-9,17H2,(H,18,20)/t11-/m1/s1. The van der Waals surface area contributed by atoms with Gasteiger partial charge < -0.3 is 15.5 Å². The Labute approximate surface area is 127 Å². The number of pyridine rings is 1. The SMILES string of the molecule is NC[C@@H]1CN(Cc2cc(=O)c3cccc(Cl)c3[nH]2)CCO1. The molecule has 0 spiro atoms. The minimum atomic E-state index is -0.00937. The number of halogens is 1. The first-order valence-corrected chi connectivity index (χ1v) is 7.39. The van der Waals surface area contributed by atoms with E-state index in [1.807, 2.05) is 0 Å². The van der Waals surface area contributed by atoms with Crippen LogP contribution in [0, 0.1) is 0 Å². The average molecular weight is 308 g/mol. The lowest BCUT2D eigenvalue weighted by atomic mass is 10.2. The van der Waals surface area contributed by atoms with Gasteiger partial charge >= 0.3 is 0 Å². The molecule has 1 atom stereocenters. The van der Waals surface area contributed by atoms with E-state index in [-0.39, 0.29) is 11.5 Å². The van der Waals surface area contributed by atoms with E-state index in [0.717, 1.165) is 18.8 Å². The van der Waals surface area contributed by atoms with E-state index in [2.05, 4.69) is 9.88 Å². The second-order valence-electron chi connectivity index (χ2n) is 5.28. The van der Waals surface area contributed by atoms with Gasteiger partial charge in [0, 0.05) is 43.3 Å². The van der Waals surface area contributed by atoms with E-state index in [4.69, 9.17) is 22.1 Å². The van der Waals surface area contributed by atoms with Gasteiger partial charge in [-0.15, -0.1) is 0 Å². The number of rotatable bonds is 3. The summed E-state index contributed by atoms with van der Waals surface area (Å²) >= 11 is 6.17. The van der Waals surface area contributed by atoms with Gasteiger partial charge in [-0.05, 0) is 12.1 Å². The summed E-state index contributed by atoms with van der Waals surface area (Å²) in [5.41, 5.74) is 7.20. The van der Waals surface area contributed by atoms with E-state index in [9.17, 15) is 4.79 Å². The molecule has 1 aromatic carbocycles. The van der Waals surface area contributed by atoms with Crippen LogP contribution in [0.4, 0.5) is 0 Å². The number of aromatic amines is 1. The Morgan fingerprint density at radius 2 is 2.33 bits per heavy atom. The molecule has 1 fully saturated rings. The highest BCUT2D eigenvalue weighted by molar-refractivity contribution is 6.35. The lowest BCUT2D eigenvalue weighted by Gasteiger charge is -2.32. The van der Waals surface area contributed by atoms with Crippen LogP contribution in [-0.4, -0.2) is 42.2 Å². The predicted molar refractivity (Wildman–Crippen MR) is 83.7 cm³/mol. The molecule has 5 nitrogen and oxygen atoms in total. The lowest BCUT2D eigenvalue weighted by Crippen LogP contribution is -2.45. The van der Waals surface area contributed by atoms with Gasteiger partial charge in [-0.1, -0.05) is 17.7 Å². The average Bonchev–Trinajstić information content (AvgIpc) is 2.49. The Balaban J connectivity index is 1.87. The molecular formula is C15H18ClN3O2. The molecule has 0 radical (unpaired) electrons. The number of morpholine rings is 1. The quantitative estimate of drug-likeness (QED) is 0.898. The van der Waals surface area contributed by atoms with Gasteiger partial charge in [0.15, 0.2) is 5.43 Å². The molecule has 3 rings (SSSR count). The molecule has 2 aromatic rings. The number of nitrogens with two attached hydrogens (primary N) is 1. The van der Waals surface area contributed by atoms with Gasteiger partial charge in [0.05, 0.1) is 23.3 Å². The molecule has 112 valence electrons. The third-order valence-electron chi connectivity index (χ3n) is 3.75. The van der Waals surface area contributed by atoms with Crippen LogP contribution in [0.25, 0.3) is 10.9 Å². The largest absolute Gasteiger partial charge is 0.374 e. The van der Waals surface area contributed by atoms with Crippen molar-refractivity contribution in [2.75, 3.05) is 26.2 Å². The van der Waals surface area contributed by atoms with E-state index >= 15 is 0 Å². The topological polar surface area (TPSA) is 71.3 Å². The first-order chi connectivity index (χ1) is 10.2. The van der Waals surface area contributed by atoms with E-state index in [0.29, 0.717) is 35.6 Å². The van der Waals surface area contributed by atoms with E-state index in [1.165, 1.54) is 0 Å². The van der Waals surface area contributed by atoms with Crippen molar-refractivity contribution in [1.29, 1.82) is 0 Å². The fraction of sp³-hybridized carbons (Fsp3) is 0.400. The number of aromatic nitrogens is 1. The third-order valence-corrected chi connectivity index (χ3v) is 4.06. The number of nitrogens with one attached hydrogen (secondary N) is 1. The van der Waals surface area contributed by atoms with Crippen LogP contribution in [0.3, 0.4) is 0 Å². The third kappa shape index (κ3) is 3.11. The molecule has 3 N–H and O–H groups in total. The zero-order valence-corrected chi connectivity index (χ0v) is 12.4. The summed E-state index contributed by atoms with van der Waals surface area (Å²) < 4.78 is 5.55. The summed E-state index contributed by atoms with van der Waals surface area (Å²) in [6.07, 6.45) is 0.0644. The van der Waals surface area contributed by atoms with E-state index in [1.54, 1.807) is 24.3 Å². The second kappa shape index (κ2) is 6.15. The molecule has 2 heterocycles. The number of ether oxygens (including phenoxy) is 1. The Kier molecular flexibility index (Phi) is 4.26. The molecule has 21 heavy (non-hydrogen) atoms. The van der Waals surface area contributed by atoms with Crippen LogP contribution < -0.4 is 11.2 Å². The van der Waals surface area contributed by atoms with Crippen molar-refractivity contribution in [3.05, 3.63) is 45.2 Å². The summed E-state index contributed by atoms with van der Waals surface area (Å²) in [5, 5.41) is 1.18. The van der Waals surface area contributed by atoms with Crippen LogP contribution in [0.15, 0.2) is 29.1 Å². The number of nitrogens with zero attached hydrogens (tertiary/aromatic N) is 1. The Morgan fingerprint density at radius 1 is 1.48 bits per heavy atom. The van der Waals surface area contributed by atoms with Crippen LogP contribution in [0.5, 0.6) is 0 Å². The summed E-state index contributed by atoms with van der Waals surface area (Å²) in [4.78, 5) is 17.7. The molecule has 1 aliphatic heterocycles.